The monoisotopic (exact) mass is 399 g/mol. The average molecular weight is 399 g/mol. The van der Waals surface area contributed by atoms with Crippen LogP contribution in [0.5, 0.6) is 5.75 Å². The van der Waals surface area contributed by atoms with Gasteiger partial charge in [0.25, 0.3) is 5.91 Å². The summed E-state index contributed by atoms with van der Waals surface area (Å²) >= 11 is 0. The van der Waals surface area contributed by atoms with Crippen molar-refractivity contribution in [2.75, 3.05) is 6.61 Å². The lowest BCUT2D eigenvalue weighted by Crippen LogP contribution is -2.28. The molecule has 0 saturated carbocycles. The first kappa shape index (κ1) is 19.5. The van der Waals surface area contributed by atoms with Gasteiger partial charge in [-0.2, -0.15) is 0 Å². The van der Waals surface area contributed by atoms with Crippen LogP contribution in [0.3, 0.4) is 0 Å². The molecule has 150 valence electrons. The minimum Gasteiger partial charge on any atom is -0.484 e. The molecule has 0 unspecified atom stereocenters. The van der Waals surface area contributed by atoms with Gasteiger partial charge in [-0.1, -0.05) is 60.7 Å². The van der Waals surface area contributed by atoms with Gasteiger partial charge in [-0.25, -0.2) is 0 Å². The zero-order chi connectivity index (χ0) is 20.9. The van der Waals surface area contributed by atoms with E-state index >= 15 is 0 Å². The van der Waals surface area contributed by atoms with E-state index in [1.165, 1.54) is 0 Å². The summed E-state index contributed by atoms with van der Waals surface area (Å²) in [5, 5.41) is 3.29. The summed E-state index contributed by atoms with van der Waals surface area (Å²) in [6.45, 7) is 2.09. The minimum absolute atomic E-state index is 0.0906. The Morgan fingerprint density at radius 1 is 0.967 bits per heavy atom. The van der Waals surface area contributed by atoms with Crippen molar-refractivity contribution < 1.29 is 13.9 Å². The number of benzene rings is 3. The third-order valence-corrected chi connectivity index (χ3v) is 4.80. The van der Waals surface area contributed by atoms with Crippen LogP contribution in [0.15, 0.2) is 88.1 Å². The molecular formula is C25H21NO4. The van der Waals surface area contributed by atoms with Gasteiger partial charge in [0.15, 0.2) is 6.61 Å². The number of ether oxygens (including phenoxy) is 1. The molecule has 0 bridgehead atoms. The van der Waals surface area contributed by atoms with E-state index in [-0.39, 0.29) is 17.9 Å². The van der Waals surface area contributed by atoms with Gasteiger partial charge in [0.1, 0.15) is 17.1 Å². The van der Waals surface area contributed by atoms with Crippen LogP contribution in [-0.2, 0) is 11.3 Å². The maximum atomic E-state index is 13.0. The summed E-state index contributed by atoms with van der Waals surface area (Å²) in [4.78, 5) is 25.0. The standard InChI is InChI=1S/C25H21NO4/c1-17-24(19-10-6-3-7-11-19)25(28)21-13-12-20(14-22(21)30-17)29-16-23(27)26-15-18-8-4-2-5-9-18/h2-14H,15-16H2,1H3,(H,26,27). The Hall–Kier alpha value is -3.86. The molecule has 4 aromatic rings. The number of carbonyl (C=O) groups is 1. The van der Waals surface area contributed by atoms with E-state index in [9.17, 15) is 9.59 Å². The van der Waals surface area contributed by atoms with Gasteiger partial charge in [0.2, 0.25) is 5.43 Å². The quantitative estimate of drug-likeness (QED) is 0.520. The molecule has 1 N–H and O–H groups in total. The first-order valence-corrected chi connectivity index (χ1v) is 9.68. The fraction of sp³-hybridized carbons (Fsp3) is 0.120. The number of hydrogen-bond donors (Lipinski definition) is 1. The van der Waals surface area contributed by atoms with Crippen molar-refractivity contribution in [1.82, 2.24) is 5.32 Å². The first-order chi connectivity index (χ1) is 14.6. The molecule has 1 amide bonds. The molecule has 0 aliphatic rings. The van der Waals surface area contributed by atoms with Gasteiger partial charge < -0.3 is 14.5 Å². The summed E-state index contributed by atoms with van der Waals surface area (Å²) in [6, 6.07) is 24.1. The summed E-state index contributed by atoms with van der Waals surface area (Å²) in [5.41, 5.74) is 2.73. The Morgan fingerprint density at radius 3 is 2.40 bits per heavy atom. The highest BCUT2D eigenvalue weighted by Gasteiger charge is 2.14. The molecule has 0 spiro atoms. The third kappa shape index (κ3) is 4.25. The molecule has 1 heterocycles. The summed E-state index contributed by atoms with van der Waals surface area (Å²) < 4.78 is 11.5. The van der Waals surface area contributed by atoms with E-state index in [0.29, 0.717) is 34.6 Å². The predicted molar refractivity (Wildman–Crippen MR) is 116 cm³/mol. The van der Waals surface area contributed by atoms with E-state index in [1.807, 2.05) is 60.7 Å². The Labute approximate surface area is 173 Å². The van der Waals surface area contributed by atoms with Crippen molar-refractivity contribution >= 4 is 16.9 Å². The van der Waals surface area contributed by atoms with Gasteiger partial charge in [0.05, 0.1) is 10.9 Å². The number of amides is 1. The molecule has 0 saturated heterocycles. The van der Waals surface area contributed by atoms with E-state index in [4.69, 9.17) is 9.15 Å². The molecule has 4 rings (SSSR count). The molecule has 0 aliphatic carbocycles. The zero-order valence-electron chi connectivity index (χ0n) is 16.6. The van der Waals surface area contributed by atoms with Crippen LogP contribution in [0.25, 0.3) is 22.1 Å². The van der Waals surface area contributed by atoms with Gasteiger partial charge >= 0.3 is 0 Å². The molecule has 5 nitrogen and oxygen atoms in total. The highest BCUT2D eigenvalue weighted by Crippen LogP contribution is 2.26. The summed E-state index contributed by atoms with van der Waals surface area (Å²) in [6.07, 6.45) is 0. The molecule has 5 heteroatoms. The van der Waals surface area contributed by atoms with Crippen molar-refractivity contribution in [1.29, 1.82) is 0 Å². The van der Waals surface area contributed by atoms with E-state index in [1.54, 1.807) is 25.1 Å². The van der Waals surface area contributed by atoms with Gasteiger partial charge in [0, 0.05) is 12.6 Å². The highest BCUT2D eigenvalue weighted by molar-refractivity contribution is 5.84. The SMILES string of the molecule is Cc1oc2cc(OCC(=O)NCc3ccccc3)ccc2c(=O)c1-c1ccccc1. The van der Waals surface area contributed by atoms with Crippen LogP contribution in [-0.4, -0.2) is 12.5 Å². The number of rotatable bonds is 6. The van der Waals surface area contributed by atoms with Gasteiger partial charge in [-0.3, -0.25) is 9.59 Å². The number of nitrogens with one attached hydrogen (secondary N) is 1. The Bertz CT molecular complexity index is 1230. The minimum atomic E-state index is -0.226. The topological polar surface area (TPSA) is 68.5 Å². The fourth-order valence-corrected chi connectivity index (χ4v) is 3.31. The van der Waals surface area contributed by atoms with E-state index in [2.05, 4.69) is 5.32 Å². The van der Waals surface area contributed by atoms with Crippen LogP contribution in [0, 0.1) is 6.92 Å². The zero-order valence-corrected chi connectivity index (χ0v) is 16.6. The molecular weight excluding hydrogens is 378 g/mol. The van der Waals surface area contributed by atoms with Crippen LogP contribution in [0.2, 0.25) is 0 Å². The lowest BCUT2D eigenvalue weighted by Gasteiger charge is -2.10. The average Bonchev–Trinajstić information content (AvgIpc) is 2.77. The van der Waals surface area contributed by atoms with E-state index < -0.39 is 0 Å². The Kier molecular flexibility index (Phi) is 5.61. The van der Waals surface area contributed by atoms with Crippen LogP contribution in [0.4, 0.5) is 0 Å². The predicted octanol–water partition coefficient (Wildman–Crippen LogP) is 4.46. The van der Waals surface area contributed by atoms with Gasteiger partial charge in [-0.15, -0.1) is 0 Å². The summed E-state index contributed by atoms with van der Waals surface area (Å²) in [7, 11) is 0. The van der Waals surface area contributed by atoms with Crippen LogP contribution >= 0.6 is 0 Å². The van der Waals surface area contributed by atoms with Crippen molar-refractivity contribution in [3.63, 3.8) is 0 Å². The molecule has 0 aliphatic heterocycles. The van der Waals surface area contributed by atoms with Crippen molar-refractivity contribution in [2.24, 2.45) is 0 Å². The maximum Gasteiger partial charge on any atom is 0.258 e. The van der Waals surface area contributed by atoms with Crippen molar-refractivity contribution in [3.05, 3.63) is 100 Å². The fourth-order valence-electron chi connectivity index (χ4n) is 3.31. The molecule has 30 heavy (non-hydrogen) atoms. The highest BCUT2D eigenvalue weighted by atomic mass is 16.5. The number of hydrogen-bond acceptors (Lipinski definition) is 4. The second-order valence-electron chi connectivity index (χ2n) is 6.94. The largest absolute Gasteiger partial charge is 0.484 e. The molecule has 0 radical (unpaired) electrons. The molecule has 0 atom stereocenters. The molecule has 0 fully saturated rings. The van der Waals surface area contributed by atoms with E-state index in [0.717, 1.165) is 11.1 Å². The summed E-state index contributed by atoms with van der Waals surface area (Å²) in [5.74, 6) is 0.778. The smallest absolute Gasteiger partial charge is 0.258 e. The number of fused-ring (bicyclic) bond motifs is 1. The normalized spacial score (nSPS) is 10.7. The Morgan fingerprint density at radius 2 is 1.67 bits per heavy atom. The second-order valence-corrected chi connectivity index (χ2v) is 6.94. The van der Waals surface area contributed by atoms with Crippen molar-refractivity contribution in [3.8, 4) is 16.9 Å². The van der Waals surface area contributed by atoms with Crippen LogP contribution < -0.4 is 15.5 Å². The van der Waals surface area contributed by atoms with Gasteiger partial charge in [-0.05, 0) is 30.2 Å². The Balaban J connectivity index is 1.48. The lowest BCUT2D eigenvalue weighted by atomic mass is 10.0. The van der Waals surface area contributed by atoms with Crippen molar-refractivity contribution in [2.45, 2.75) is 13.5 Å². The maximum absolute atomic E-state index is 13.0. The third-order valence-electron chi connectivity index (χ3n) is 4.80. The first-order valence-electron chi connectivity index (χ1n) is 9.68. The van der Waals surface area contributed by atoms with Crippen LogP contribution in [0.1, 0.15) is 11.3 Å². The number of carbonyl (C=O) groups excluding carboxylic acids is 1. The second kappa shape index (κ2) is 8.66. The lowest BCUT2D eigenvalue weighted by molar-refractivity contribution is -0.123. The molecule has 1 aromatic heterocycles. The molecule has 3 aromatic carbocycles. The number of aryl methyl sites for hydroxylation is 1.